The standard InChI is InChI=1S/C28H52/c1-8-9-16-25(4)20-13-21-26(5)17-10-11-18-27(6)22-14-23-28(7)19-12-15-24(2)3/h15,20,23,26-27H,8-14,16-19,21-22H2,1-7H3/b25-20?,28-23+. The Morgan fingerprint density at radius 2 is 1.11 bits per heavy atom. The third-order valence-electron chi connectivity index (χ3n) is 5.96. The van der Waals surface area contributed by atoms with Crippen LogP contribution in [0.25, 0.3) is 0 Å². The fourth-order valence-electron chi connectivity index (χ4n) is 3.75. The minimum atomic E-state index is 0.876. The van der Waals surface area contributed by atoms with Gasteiger partial charge in [-0.2, -0.15) is 0 Å². The van der Waals surface area contributed by atoms with E-state index in [4.69, 9.17) is 0 Å². The van der Waals surface area contributed by atoms with Gasteiger partial charge in [0.25, 0.3) is 0 Å². The molecular weight excluding hydrogens is 336 g/mol. The number of rotatable bonds is 17. The summed E-state index contributed by atoms with van der Waals surface area (Å²) in [6.07, 6.45) is 24.6. The average molecular weight is 389 g/mol. The highest BCUT2D eigenvalue weighted by molar-refractivity contribution is 5.02. The predicted octanol–water partition coefficient (Wildman–Crippen LogP) is 10.2. The lowest BCUT2D eigenvalue weighted by atomic mass is 9.93. The molecule has 0 aromatic heterocycles. The van der Waals surface area contributed by atoms with E-state index in [1.807, 2.05) is 0 Å². The Morgan fingerprint density at radius 1 is 0.607 bits per heavy atom. The van der Waals surface area contributed by atoms with E-state index in [1.54, 1.807) is 11.1 Å². The highest BCUT2D eigenvalue weighted by Gasteiger charge is 2.04. The molecule has 0 amide bonds. The van der Waals surface area contributed by atoms with Crippen molar-refractivity contribution in [2.75, 3.05) is 0 Å². The van der Waals surface area contributed by atoms with Crippen LogP contribution in [0.4, 0.5) is 0 Å². The van der Waals surface area contributed by atoms with Crippen molar-refractivity contribution >= 4 is 0 Å². The molecule has 0 aliphatic carbocycles. The van der Waals surface area contributed by atoms with Crippen LogP contribution in [0.3, 0.4) is 0 Å². The van der Waals surface area contributed by atoms with Crippen LogP contribution >= 0.6 is 0 Å². The highest BCUT2D eigenvalue weighted by atomic mass is 14.1. The Bertz CT molecular complexity index is 445. The van der Waals surface area contributed by atoms with Gasteiger partial charge in [0.1, 0.15) is 0 Å². The van der Waals surface area contributed by atoms with Gasteiger partial charge in [0.2, 0.25) is 0 Å². The monoisotopic (exact) mass is 388 g/mol. The van der Waals surface area contributed by atoms with Crippen LogP contribution in [0.1, 0.15) is 132 Å². The van der Waals surface area contributed by atoms with Gasteiger partial charge in [0, 0.05) is 0 Å². The fourth-order valence-corrected chi connectivity index (χ4v) is 3.75. The number of hydrogen-bond donors (Lipinski definition) is 0. The van der Waals surface area contributed by atoms with E-state index < -0.39 is 0 Å². The Hall–Kier alpha value is -0.780. The van der Waals surface area contributed by atoms with Crippen molar-refractivity contribution < 1.29 is 0 Å². The molecule has 2 atom stereocenters. The van der Waals surface area contributed by atoms with Gasteiger partial charge in [-0.05, 0) is 90.9 Å². The van der Waals surface area contributed by atoms with Crippen LogP contribution in [-0.4, -0.2) is 0 Å². The summed E-state index contributed by atoms with van der Waals surface area (Å²) < 4.78 is 0. The molecule has 28 heavy (non-hydrogen) atoms. The maximum absolute atomic E-state index is 2.49. The van der Waals surface area contributed by atoms with E-state index in [-0.39, 0.29) is 0 Å². The van der Waals surface area contributed by atoms with Gasteiger partial charge in [-0.25, -0.2) is 0 Å². The zero-order valence-electron chi connectivity index (χ0n) is 20.6. The van der Waals surface area contributed by atoms with Crippen molar-refractivity contribution in [3.05, 3.63) is 34.9 Å². The molecule has 0 bridgehead atoms. The van der Waals surface area contributed by atoms with E-state index in [2.05, 4.69) is 66.7 Å². The quantitative estimate of drug-likeness (QED) is 0.172. The second-order valence-electron chi connectivity index (χ2n) is 9.67. The number of allylic oxidation sites excluding steroid dienone is 6. The van der Waals surface area contributed by atoms with Crippen molar-refractivity contribution in [1.82, 2.24) is 0 Å². The molecule has 0 saturated carbocycles. The molecule has 0 heteroatoms. The number of hydrogen-bond acceptors (Lipinski definition) is 0. The van der Waals surface area contributed by atoms with Gasteiger partial charge in [0.15, 0.2) is 0 Å². The summed E-state index contributed by atoms with van der Waals surface area (Å²) in [4.78, 5) is 0. The topological polar surface area (TPSA) is 0 Å². The summed E-state index contributed by atoms with van der Waals surface area (Å²) in [7, 11) is 0. The molecule has 0 aromatic carbocycles. The smallest absolute Gasteiger partial charge is 0.0288 e. The summed E-state index contributed by atoms with van der Waals surface area (Å²) in [5.41, 5.74) is 4.61. The predicted molar refractivity (Wildman–Crippen MR) is 131 cm³/mol. The van der Waals surface area contributed by atoms with Gasteiger partial charge in [0.05, 0.1) is 0 Å². The van der Waals surface area contributed by atoms with E-state index in [0.29, 0.717) is 0 Å². The molecule has 0 N–H and O–H groups in total. The Balaban J connectivity index is 3.72. The second-order valence-corrected chi connectivity index (χ2v) is 9.67. The van der Waals surface area contributed by atoms with Gasteiger partial charge >= 0.3 is 0 Å². The first-order chi connectivity index (χ1) is 13.3. The van der Waals surface area contributed by atoms with Crippen LogP contribution in [0, 0.1) is 11.8 Å². The Morgan fingerprint density at radius 3 is 1.57 bits per heavy atom. The van der Waals surface area contributed by atoms with E-state index in [1.165, 1.54) is 89.0 Å². The van der Waals surface area contributed by atoms with Crippen LogP contribution in [0.2, 0.25) is 0 Å². The zero-order valence-corrected chi connectivity index (χ0v) is 20.6. The molecule has 0 spiro atoms. The van der Waals surface area contributed by atoms with Crippen LogP contribution in [0.15, 0.2) is 34.9 Å². The first kappa shape index (κ1) is 27.2. The minimum absolute atomic E-state index is 0.876. The Labute approximate surface area is 179 Å². The second kappa shape index (κ2) is 18.3. The van der Waals surface area contributed by atoms with E-state index in [9.17, 15) is 0 Å². The summed E-state index contributed by atoms with van der Waals surface area (Å²) in [6.45, 7) is 16.2. The summed E-state index contributed by atoms with van der Waals surface area (Å²) in [5.74, 6) is 1.76. The highest BCUT2D eigenvalue weighted by Crippen LogP contribution is 2.20. The normalized spacial score (nSPS) is 14.8. The molecular formula is C28H52. The van der Waals surface area contributed by atoms with Gasteiger partial charge in [-0.3, -0.25) is 0 Å². The van der Waals surface area contributed by atoms with Crippen molar-refractivity contribution in [3.63, 3.8) is 0 Å². The Kier molecular flexibility index (Phi) is 17.8. The maximum Gasteiger partial charge on any atom is -0.0288 e. The molecule has 164 valence electrons. The molecule has 0 heterocycles. The molecule has 0 saturated heterocycles. The van der Waals surface area contributed by atoms with Gasteiger partial charge in [-0.1, -0.05) is 87.8 Å². The summed E-state index contributed by atoms with van der Waals surface area (Å²) in [6, 6.07) is 0. The molecule has 0 rings (SSSR count). The molecule has 0 aromatic rings. The van der Waals surface area contributed by atoms with Crippen molar-refractivity contribution in [2.24, 2.45) is 11.8 Å². The summed E-state index contributed by atoms with van der Waals surface area (Å²) in [5, 5.41) is 0. The molecule has 0 nitrogen and oxygen atoms in total. The lowest BCUT2D eigenvalue weighted by Gasteiger charge is -2.13. The van der Waals surface area contributed by atoms with Crippen LogP contribution in [0.5, 0.6) is 0 Å². The minimum Gasteiger partial charge on any atom is -0.0856 e. The molecule has 2 unspecified atom stereocenters. The third kappa shape index (κ3) is 18.6. The lowest BCUT2D eigenvalue weighted by molar-refractivity contribution is 0.423. The van der Waals surface area contributed by atoms with Crippen LogP contribution in [-0.2, 0) is 0 Å². The largest absolute Gasteiger partial charge is 0.0856 e. The average Bonchev–Trinajstić information content (AvgIpc) is 2.63. The van der Waals surface area contributed by atoms with Crippen LogP contribution < -0.4 is 0 Å². The SMILES string of the molecule is CCCCC(C)=CCCC(C)CCCCC(C)CC/C=C(\C)CCC=C(C)C. The fraction of sp³-hybridized carbons (Fsp3) is 0.786. The molecule has 0 fully saturated rings. The van der Waals surface area contributed by atoms with Crippen molar-refractivity contribution in [2.45, 2.75) is 132 Å². The first-order valence-electron chi connectivity index (χ1n) is 12.3. The first-order valence-corrected chi connectivity index (χ1v) is 12.3. The van der Waals surface area contributed by atoms with E-state index in [0.717, 1.165) is 11.8 Å². The zero-order chi connectivity index (χ0) is 21.2. The summed E-state index contributed by atoms with van der Waals surface area (Å²) >= 11 is 0. The van der Waals surface area contributed by atoms with E-state index >= 15 is 0 Å². The lowest BCUT2D eigenvalue weighted by Crippen LogP contribution is -1.97. The third-order valence-corrected chi connectivity index (χ3v) is 5.96. The van der Waals surface area contributed by atoms with Gasteiger partial charge < -0.3 is 0 Å². The van der Waals surface area contributed by atoms with Crippen molar-refractivity contribution in [1.29, 1.82) is 0 Å². The maximum atomic E-state index is 2.49. The molecule has 0 aliphatic heterocycles. The van der Waals surface area contributed by atoms with Crippen molar-refractivity contribution in [3.8, 4) is 0 Å². The molecule has 0 aliphatic rings. The van der Waals surface area contributed by atoms with Gasteiger partial charge in [-0.15, -0.1) is 0 Å². The number of unbranched alkanes of at least 4 members (excludes halogenated alkanes) is 2. The molecule has 0 radical (unpaired) electrons.